The number of piperidine rings is 1. The van der Waals surface area contributed by atoms with Gasteiger partial charge in [-0.2, -0.15) is 10.1 Å². The second kappa shape index (κ2) is 14.6. The van der Waals surface area contributed by atoms with E-state index in [1.165, 1.54) is 12.3 Å². The largest absolute Gasteiger partial charge is 0.495 e. The van der Waals surface area contributed by atoms with Crippen molar-refractivity contribution in [2.45, 2.75) is 65.0 Å². The Morgan fingerprint density at radius 2 is 2.07 bits per heavy atom. The van der Waals surface area contributed by atoms with Gasteiger partial charge in [0.2, 0.25) is 11.9 Å². The van der Waals surface area contributed by atoms with Crippen molar-refractivity contribution in [1.29, 1.82) is 0 Å². The third-order valence-electron chi connectivity index (χ3n) is 7.65. The van der Waals surface area contributed by atoms with Crippen LogP contribution >= 0.6 is 0 Å². The number of nitrogens with two attached hydrogens (primary N) is 1. The fraction of sp³-hybridized carbons (Fsp3) is 0.452. The number of ether oxygens (including phenoxy) is 1. The molecular formula is C31H43N9O3. The van der Waals surface area contributed by atoms with Gasteiger partial charge in [0.25, 0.3) is 5.91 Å². The number of nitrogens with one attached hydrogen (secondary N) is 3. The average Bonchev–Trinajstić information content (AvgIpc) is 3.48. The number of methoxy groups -OCH3 is 1. The lowest BCUT2D eigenvalue weighted by atomic mass is 9.97. The minimum Gasteiger partial charge on any atom is -0.495 e. The summed E-state index contributed by atoms with van der Waals surface area (Å²) in [7, 11) is 1.62. The van der Waals surface area contributed by atoms with Crippen molar-refractivity contribution in [3.63, 3.8) is 0 Å². The van der Waals surface area contributed by atoms with Crippen molar-refractivity contribution in [2.75, 3.05) is 37.4 Å². The fourth-order valence-electron chi connectivity index (χ4n) is 5.41. The first kappa shape index (κ1) is 31.5. The molecule has 12 heteroatoms. The summed E-state index contributed by atoms with van der Waals surface area (Å²) >= 11 is 0. The van der Waals surface area contributed by atoms with Crippen LogP contribution in [0.25, 0.3) is 0 Å². The summed E-state index contributed by atoms with van der Waals surface area (Å²) in [5.74, 6) is 0.424. The molecule has 3 heterocycles. The second-order valence-electron chi connectivity index (χ2n) is 10.7. The van der Waals surface area contributed by atoms with Crippen molar-refractivity contribution >= 4 is 35.0 Å². The summed E-state index contributed by atoms with van der Waals surface area (Å²) in [5, 5.41) is 14.5. The van der Waals surface area contributed by atoms with Crippen LogP contribution in [0.3, 0.4) is 0 Å². The van der Waals surface area contributed by atoms with E-state index in [9.17, 15) is 9.59 Å². The number of unbranched alkanes of at least 4 members (excludes halogenated alkanes) is 1. The third kappa shape index (κ3) is 7.69. The molecule has 2 atom stereocenters. The molecular weight excluding hydrogens is 546 g/mol. The van der Waals surface area contributed by atoms with E-state index in [0.717, 1.165) is 49.8 Å². The molecule has 1 aliphatic rings. The molecule has 0 bridgehead atoms. The van der Waals surface area contributed by atoms with Crippen molar-refractivity contribution in [2.24, 2.45) is 5.73 Å². The van der Waals surface area contributed by atoms with Crippen LogP contribution in [0, 0.1) is 6.92 Å². The van der Waals surface area contributed by atoms with Crippen LogP contribution in [-0.2, 0) is 4.79 Å². The molecule has 0 radical (unpaired) electrons. The first-order valence-electron chi connectivity index (χ1n) is 14.9. The zero-order chi connectivity index (χ0) is 30.9. The zero-order valence-corrected chi connectivity index (χ0v) is 25.5. The van der Waals surface area contributed by atoms with Crippen molar-refractivity contribution < 1.29 is 14.3 Å². The van der Waals surface area contributed by atoms with Gasteiger partial charge in [-0.3, -0.25) is 14.3 Å². The van der Waals surface area contributed by atoms with Crippen LogP contribution in [-0.4, -0.2) is 63.2 Å². The van der Waals surface area contributed by atoms with Crippen LogP contribution < -0.4 is 26.4 Å². The third-order valence-corrected chi connectivity index (χ3v) is 7.65. The maximum atomic E-state index is 12.3. The Morgan fingerprint density at radius 3 is 2.77 bits per heavy atom. The highest BCUT2D eigenvalue weighted by atomic mass is 16.5. The quantitative estimate of drug-likeness (QED) is 0.195. The number of rotatable bonds is 14. The van der Waals surface area contributed by atoms with Crippen LogP contribution in [0.4, 0.5) is 23.1 Å². The van der Waals surface area contributed by atoms with Crippen molar-refractivity contribution in [3.05, 3.63) is 60.1 Å². The first-order valence-corrected chi connectivity index (χ1v) is 14.9. The number of likely N-dealkylation sites (tertiary alicyclic amines) is 1. The van der Waals surface area contributed by atoms with E-state index < -0.39 is 5.91 Å². The topological polar surface area (TPSA) is 152 Å². The van der Waals surface area contributed by atoms with Gasteiger partial charge in [-0.15, -0.1) is 0 Å². The number of hydrogen-bond acceptors (Lipinski definition) is 9. The lowest BCUT2D eigenvalue weighted by molar-refractivity contribution is -0.127. The lowest BCUT2D eigenvalue weighted by Gasteiger charge is -2.32. The van der Waals surface area contributed by atoms with Gasteiger partial charge in [0.05, 0.1) is 30.7 Å². The predicted octanol–water partition coefficient (Wildman–Crippen LogP) is 4.77. The number of carbonyl (C=O) groups is 2. The minimum absolute atomic E-state index is 0.0519. The molecule has 230 valence electrons. The summed E-state index contributed by atoms with van der Waals surface area (Å²) in [6.07, 6.45) is 11.3. The number of primary amides is 1. The highest BCUT2D eigenvalue weighted by Crippen LogP contribution is 2.36. The molecule has 12 nitrogen and oxygen atoms in total. The SMILES string of the molecule is C=CC(=O)N1CCCC(n2cc(Nc3ncc(C(N)=O)c(Nc4c(C)cc(C(CCCC)NCC)cc4OC)n3)cn2)C1. The Bertz CT molecular complexity index is 1440. The molecule has 2 amide bonds. The Kier molecular flexibility index (Phi) is 10.7. The monoisotopic (exact) mass is 589 g/mol. The predicted molar refractivity (Wildman–Crippen MR) is 168 cm³/mol. The Hall–Kier alpha value is -4.45. The van der Waals surface area contributed by atoms with E-state index in [-0.39, 0.29) is 35.3 Å². The number of nitrogens with zero attached hydrogens (tertiary/aromatic N) is 5. The summed E-state index contributed by atoms with van der Waals surface area (Å²) in [6.45, 7) is 12.0. The summed E-state index contributed by atoms with van der Waals surface area (Å²) in [6, 6.07) is 4.41. The number of hydrogen-bond donors (Lipinski definition) is 4. The minimum atomic E-state index is -0.655. The number of amides is 2. The highest BCUT2D eigenvalue weighted by molar-refractivity contribution is 5.98. The van der Waals surface area contributed by atoms with Gasteiger partial charge in [-0.05, 0) is 56.0 Å². The number of aryl methyl sites for hydroxylation is 1. The maximum absolute atomic E-state index is 12.3. The maximum Gasteiger partial charge on any atom is 0.254 e. The molecule has 3 aromatic rings. The molecule has 2 aromatic heterocycles. The Labute approximate surface area is 253 Å². The van der Waals surface area contributed by atoms with Gasteiger partial charge in [0.15, 0.2) is 0 Å². The molecule has 1 fully saturated rings. The van der Waals surface area contributed by atoms with Crippen LogP contribution in [0.1, 0.15) is 79.5 Å². The normalized spacial score (nSPS) is 15.5. The van der Waals surface area contributed by atoms with E-state index in [4.69, 9.17) is 10.5 Å². The molecule has 2 unspecified atom stereocenters. The van der Waals surface area contributed by atoms with Gasteiger partial charge in [0, 0.05) is 31.5 Å². The highest BCUT2D eigenvalue weighted by Gasteiger charge is 2.24. The Balaban J connectivity index is 1.57. The molecule has 1 aromatic carbocycles. The molecule has 1 saturated heterocycles. The summed E-state index contributed by atoms with van der Waals surface area (Å²) < 4.78 is 7.63. The smallest absolute Gasteiger partial charge is 0.254 e. The number of anilines is 4. The van der Waals surface area contributed by atoms with Gasteiger partial charge in [0.1, 0.15) is 17.1 Å². The summed E-state index contributed by atoms with van der Waals surface area (Å²) in [4.78, 5) is 35.1. The van der Waals surface area contributed by atoms with Crippen molar-refractivity contribution in [3.8, 4) is 5.75 Å². The van der Waals surface area contributed by atoms with Crippen LogP contribution in [0.5, 0.6) is 5.75 Å². The van der Waals surface area contributed by atoms with Gasteiger partial charge >= 0.3 is 0 Å². The first-order chi connectivity index (χ1) is 20.8. The number of aromatic nitrogens is 4. The molecule has 0 saturated carbocycles. The molecule has 1 aliphatic heterocycles. The Morgan fingerprint density at radius 1 is 1.26 bits per heavy atom. The van der Waals surface area contributed by atoms with Crippen LogP contribution in [0.2, 0.25) is 0 Å². The van der Waals surface area contributed by atoms with Gasteiger partial charge in [-0.25, -0.2) is 4.98 Å². The summed E-state index contributed by atoms with van der Waals surface area (Å²) in [5.41, 5.74) is 9.27. The van der Waals surface area contributed by atoms with E-state index >= 15 is 0 Å². The number of carbonyl (C=O) groups excluding carboxylic acids is 2. The molecule has 5 N–H and O–H groups in total. The second-order valence-corrected chi connectivity index (χ2v) is 10.7. The van der Waals surface area contributed by atoms with Crippen molar-refractivity contribution in [1.82, 2.24) is 30.0 Å². The molecule has 0 aliphatic carbocycles. The number of benzene rings is 1. The van der Waals surface area contributed by atoms with Gasteiger partial charge in [-0.1, -0.05) is 39.3 Å². The lowest BCUT2D eigenvalue weighted by Crippen LogP contribution is -2.39. The van der Waals surface area contributed by atoms with E-state index in [0.29, 0.717) is 30.2 Å². The van der Waals surface area contributed by atoms with E-state index in [1.807, 2.05) is 23.9 Å². The average molecular weight is 590 g/mol. The van der Waals surface area contributed by atoms with E-state index in [2.05, 4.69) is 57.5 Å². The zero-order valence-electron chi connectivity index (χ0n) is 25.5. The molecule has 4 rings (SSSR count). The fourth-order valence-corrected chi connectivity index (χ4v) is 5.41. The molecule has 43 heavy (non-hydrogen) atoms. The standard InChI is InChI=1S/C31H43N9O3/c1-6-9-12-25(33-8-3)21-14-20(4)28(26(15-21)43-5)37-30-24(29(32)42)17-34-31(38-30)36-22-16-35-40(18-22)23-11-10-13-39(19-23)27(41)7-2/h7,14-18,23,25,33H,2,6,8-13,19H2,1,3-5H3,(H2,32,42)(H2,34,36,37,38). The van der Waals surface area contributed by atoms with Crippen LogP contribution in [0.15, 0.2) is 43.4 Å². The van der Waals surface area contributed by atoms with E-state index in [1.54, 1.807) is 18.2 Å². The molecule has 0 spiro atoms. The van der Waals surface area contributed by atoms with Gasteiger partial charge < -0.3 is 31.3 Å².